The van der Waals surface area contributed by atoms with Crippen LogP contribution in [0.5, 0.6) is 0 Å². The molecule has 2 aromatic carbocycles. The van der Waals surface area contributed by atoms with Crippen molar-refractivity contribution in [2.45, 2.75) is 71.9 Å². The lowest BCUT2D eigenvalue weighted by atomic mass is 9.83. The predicted octanol–water partition coefficient (Wildman–Crippen LogP) is 5.88. The van der Waals surface area contributed by atoms with Crippen LogP contribution in [0.1, 0.15) is 69.0 Å². The van der Waals surface area contributed by atoms with E-state index in [1.54, 1.807) is 4.80 Å². The number of rotatable bonds is 9. The van der Waals surface area contributed by atoms with Gasteiger partial charge in [0.15, 0.2) is 5.82 Å². The minimum Gasteiger partial charge on any atom is -0.460 e. The number of nitrogens with zero attached hydrogens (tertiary/aromatic N) is 4. The van der Waals surface area contributed by atoms with Crippen molar-refractivity contribution in [3.05, 3.63) is 75.5 Å². The SMILES string of the molecule is CCCC(C(=O)OC(C)(C)C)[C@H](Cc1ccccc1Br)c1nnn(Cc2ccc(C)cc2)n1. The Morgan fingerprint density at radius 1 is 1.12 bits per heavy atom. The van der Waals surface area contributed by atoms with E-state index in [1.165, 1.54) is 5.56 Å². The third-order valence-corrected chi connectivity index (χ3v) is 6.21. The van der Waals surface area contributed by atoms with Crippen LogP contribution in [0.3, 0.4) is 0 Å². The highest BCUT2D eigenvalue weighted by molar-refractivity contribution is 9.10. The Bertz CT molecular complexity index is 1060. The third-order valence-electron chi connectivity index (χ3n) is 5.44. The van der Waals surface area contributed by atoms with Crippen molar-refractivity contribution >= 4 is 21.9 Å². The van der Waals surface area contributed by atoms with Crippen LogP contribution < -0.4 is 0 Å². The fourth-order valence-corrected chi connectivity index (χ4v) is 4.26. The van der Waals surface area contributed by atoms with Gasteiger partial charge in [0, 0.05) is 10.4 Å². The quantitative estimate of drug-likeness (QED) is 0.335. The molecule has 1 unspecified atom stereocenters. The zero-order chi connectivity index (χ0) is 24.0. The molecule has 0 aliphatic rings. The number of esters is 1. The molecular weight excluding hydrogens is 480 g/mol. The Hall–Kier alpha value is -2.54. The molecule has 0 spiro atoms. The molecule has 2 atom stereocenters. The van der Waals surface area contributed by atoms with Gasteiger partial charge >= 0.3 is 5.97 Å². The van der Waals surface area contributed by atoms with Gasteiger partial charge in [-0.2, -0.15) is 4.80 Å². The van der Waals surface area contributed by atoms with Gasteiger partial charge in [-0.15, -0.1) is 10.2 Å². The number of carbonyl (C=O) groups is 1. The molecule has 0 N–H and O–H groups in total. The third kappa shape index (κ3) is 7.22. The molecule has 0 bridgehead atoms. The molecule has 0 radical (unpaired) electrons. The molecule has 0 amide bonds. The zero-order valence-electron chi connectivity index (χ0n) is 20.1. The molecule has 0 saturated carbocycles. The molecule has 3 aromatic rings. The number of hydrogen-bond acceptors (Lipinski definition) is 5. The molecule has 0 aliphatic heterocycles. The standard InChI is InChI=1S/C26H33BrN4O2/c1-6-9-21(25(32)33-26(3,4)5)22(16-20-10-7-8-11-23(20)27)24-28-30-31(29-24)17-19-14-12-18(2)13-15-19/h7-8,10-15,21-22H,6,9,16-17H2,1-5H3/t21?,22-/m0/s1. The van der Waals surface area contributed by atoms with Gasteiger partial charge in [0.1, 0.15) is 5.60 Å². The monoisotopic (exact) mass is 512 g/mol. The molecule has 0 fully saturated rings. The first-order valence-electron chi connectivity index (χ1n) is 11.5. The van der Waals surface area contributed by atoms with Gasteiger partial charge in [-0.1, -0.05) is 77.3 Å². The predicted molar refractivity (Wildman–Crippen MR) is 133 cm³/mol. The highest BCUT2D eigenvalue weighted by Gasteiger charge is 2.35. The van der Waals surface area contributed by atoms with E-state index in [9.17, 15) is 4.79 Å². The second-order valence-electron chi connectivity index (χ2n) is 9.49. The Morgan fingerprint density at radius 3 is 2.45 bits per heavy atom. The second kappa shape index (κ2) is 11.1. The molecule has 1 aromatic heterocycles. The van der Waals surface area contributed by atoms with Crippen molar-refractivity contribution in [1.82, 2.24) is 20.2 Å². The molecular formula is C26H33BrN4O2. The van der Waals surface area contributed by atoms with Crippen LogP contribution >= 0.6 is 15.9 Å². The maximum Gasteiger partial charge on any atom is 0.310 e. The van der Waals surface area contributed by atoms with Gasteiger partial charge in [0.2, 0.25) is 0 Å². The van der Waals surface area contributed by atoms with Crippen molar-refractivity contribution in [2.75, 3.05) is 0 Å². The topological polar surface area (TPSA) is 69.9 Å². The lowest BCUT2D eigenvalue weighted by Gasteiger charge is -2.28. The summed E-state index contributed by atoms with van der Waals surface area (Å²) in [6, 6.07) is 16.3. The first-order valence-corrected chi connectivity index (χ1v) is 12.2. The summed E-state index contributed by atoms with van der Waals surface area (Å²) in [6.07, 6.45) is 2.16. The van der Waals surface area contributed by atoms with Crippen LogP contribution in [0.25, 0.3) is 0 Å². The zero-order valence-corrected chi connectivity index (χ0v) is 21.7. The summed E-state index contributed by atoms with van der Waals surface area (Å²) >= 11 is 3.65. The molecule has 7 heteroatoms. The van der Waals surface area contributed by atoms with Gasteiger partial charge in [0.05, 0.1) is 12.5 Å². The van der Waals surface area contributed by atoms with Crippen LogP contribution in [0, 0.1) is 12.8 Å². The molecule has 0 saturated heterocycles. The van der Waals surface area contributed by atoms with E-state index in [0.29, 0.717) is 25.2 Å². The van der Waals surface area contributed by atoms with Crippen molar-refractivity contribution in [3.63, 3.8) is 0 Å². The average Bonchev–Trinajstić information content (AvgIpc) is 3.20. The van der Waals surface area contributed by atoms with Crippen LogP contribution in [0.2, 0.25) is 0 Å². The number of aryl methyl sites for hydroxylation is 1. The van der Waals surface area contributed by atoms with Gasteiger partial charge in [-0.3, -0.25) is 4.79 Å². The largest absolute Gasteiger partial charge is 0.460 e. The van der Waals surface area contributed by atoms with E-state index in [-0.39, 0.29) is 17.8 Å². The van der Waals surface area contributed by atoms with E-state index in [2.05, 4.69) is 70.4 Å². The normalized spacial score (nSPS) is 13.5. The first kappa shape index (κ1) is 25.1. The number of tetrazole rings is 1. The van der Waals surface area contributed by atoms with Gasteiger partial charge in [0.25, 0.3) is 0 Å². The highest BCUT2D eigenvalue weighted by atomic mass is 79.9. The van der Waals surface area contributed by atoms with Crippen LogP contribution in [-0.4, -0.2) is 31.8 Å². The Labute approximate surface area is 204 Å². The van der Waals surface area contributed by atoms with E-state index >= 15 is 0 Å². The number of aromatic nitrogens is 4. The number of hydrogen-bond donors (Lipinski definition) is 0. The molecule has 3 rings (SSSR count). The fraction of sp³-hybridized carbons (Fsp3) is 0.462. The molecule has 0 aliphatic carbocycles. The van der Waals surface area contributed by atoms with Crippen molar-refractivity contribution < 1.29 is 9.53 Å². The average molecular weight is 513 g/mol. The van der Waals surface area contributed by atoms with Crippen molar-refractivity contribution in [3.8, 4) is 0 Å². The minimum absolute atomic E-state index is 0.212. The van der Waals surface area contributed by atoms with Gasteiger partial charge in [-0.05, 0) is 62.9 Å². The van der Waals surface area contributed by atoms with E-state index < -0.39 is 5.60 Å². The lowest BCUT2D eigenvalue weighted by molar-refractivity contribution is -0.161. The smallest absolute Gasteiger partial charge is 0.310 e. The molecule has 6 nitrogen and oxygen atoms in total. The Balaban J connectivity index is 1.93. The summed E-state index contributed by atoms with van der Waals surface area (Å²) in [5.41, 5.74) is 2.85. The highest BCUT2D eigenvalue weighted by Crippen LogP contribution is 2.33. The fourth-order valence-electron chi connectivity index (χ4n) is 3.81. The maximum absolute atomic E-state index is 13.3. The van der Waals surface area contributed by atoms with Crippen LogP contribution in [-0.2, 0) is 22.5 Å². The Kier molecular flexibility index (Phi) is 8.40. The minimum atomic E-state index is -0.558. The second-order valence-corrected chi connectivity index (χ2v) is 10.3. The number of benzene rings is 2. The molecule has 176 valence electrons. The number of carbonyl (C=O) groups excluding carboxylic acids is 1. The maximum atomic E-state index is 13.3. The summed E-state index contributed by atoms with van der Waals surface area (Å²) in [5, 5.41) is 13.4. The summed E-state index contributed by atoms with van der Waals surface area (Å²) in [6.45, 7) is 10.4. The summed E-state index contributed by atoms with van der Waals surface area (Å²) < 4.78 is 6.80. The van der Waals surface area contributed by atoms with Crippen LogP contribution in [0.4, 0.5) is 0 Å². The Morgan fingerprint density at radius 2 is 1.82 bits per heavy atom. The van der Waals surface area contributed by atoms with Crippen LogP contribution in [0.15, 0.2) is 53.0 Å². The summed E-state index contributed by atoms with van der Waals surface area (Å²) in [4.78, 5) is 14.9. The number of ether oxygens (including phenoxy) is 1. The van der Waals surface area contributed by atoms with Crippen molar-refractivity contribution in [1.29, 1.82) is 0 Å². The summed E-state index contributed by atoms with van der Waals surface area (Å²) in [5.74, 6) is -0.248. The van der Waals surface area contributed by atoms with Gasteiger partial charge in [-0.25, -0.2) is 0 Å². The lowest BCUT2D eigenvalue weighted by Crippen LogP contribution is -2.33. The van der Waals surface area contributed by atoms with E-state index in [1.807, 2.05) is 39.0 Å². The number of halogens is 1. The van der Waals surface area contributed by atoms with E-state index in [0.717, 1.165) is 22.0 Å². The van der Waals surface area contributed by atoms with E-state index in [4.69, 9.17) is 9.84 Å². The first-order chi connectivity index (χ1) is 15.7. The van der Waals surface area contributed by atoms with Gasteiger partial charge < -0.3 is 4.74 Å². The summed E-state index contributed by atoms with van der Waals surface area (Å²) in [7, 11) is 0. The molecule has 1 heterocycles. The molecule has 33 heavy (non-hydrogen) atoms. The van der Waals surface area contributed by atoms with Crippen molar-refractivity contribution in [2.24, 2.45) is 5.92 Å².